The minimum atomic E-state index is -3.54. The zero-order valence-corrected chi connectivity index (χ0v) is 8.91. The molecule has 0 amide bonds. The summed E-state index contributed by atoms with van der Waals surface area (Å²) in [6.45, 7) is 3.60. The summed E-state index contributed by atoms with van der Waals surface area (Å²) in [5, 5.41) is 0. The minimum absolute atomic E-state index is 0.225. The maximum Gasteiger partial charge on any atom is 0.254 e. The van der Waals surface area contributed by atoms with Crippen LogP contribution in [0.2, 0.25) is 0 Å². The van der Waals surface area contributed by atoms with Crippen LogP contribution in [-0.2, 0) is 10.0 Å². The Morgan fingerprint density at radius 3 is 2.46 bits per heavy atom. The number of nitrogens with one attached hydrogen (secondary N) is 1. The Labute approximate surface area is 82.9 Å². The number of aryl methyl sites for hydroxylation is 1. The van der Waals surface area contributed by atoms with Crippen molar-refractivity contribution >= 4 is 21.8 Å². The average molecular weight is 220 g/mol. The second-order valence-electron chi connectivity index (χ2n) is 2.78. The summed E-state index contributed by atoms with van der Waals surface area (Å²) >= 11 is 5.11. The standard InChI is InChI=1S/C8H10ClNO2S/c1-6-4-3-5-8(7(6)2)13(11,12)10-9/h3-5,10H,1-2H3. The summed E-state index contributed by atoms with van der Waals surface area (Å²) in [6, 6.07) is 5.05. The number of sulfonamides is 1. The molecule has 0 bridgehead atoms. The summed E-state index contributed by atoms with van der Waals surface area (Å²) in [5.41, 5.74) is 1.64. The van der Waals surface area contributed by atoms with Gasteiger partial charge in [-0.25, -0.2) is 8.42 Å². The molecule has 1 aromatic rings. The highest BCUT2D eigenvalue weighted by atomic mass is 35.5. The van der Waals surface area contributed by atoms with Crippen LogP contribution in [0.1, 0.15) is 11.1 Å². The molecule has 0 spiro atoms. The molecule has 0 aliphatic heterocycles. The lowest BCUT2D eigenvalue weighted by molar-refractivity contribution is 0.593. The molecule has 13 heavy (non-hydrogen) atoms. The summed E-state index contributed by atoms with van der Waals surface area (Å²) in [5.74, 6) is 0. The van der Waals surface area contributed by atoms with Crippen LogP contribution in [0.15, 0.2) is 23.1 Å². The maximum absolute atomic E-state index is 11.3. The monoisotopic (exact) mass is 219 g/mol. The van der Waals surface area contributed by atoms with E-state index in [1.54, 1.807) is 17.2 Å². The third-order valence-electron chi connectivity index (χ3n) is 1.95. The van der Waals surface area contributed by atoms with Crippen LogP contribution in [0.5, 0.6) is 0 Å². The quantitative estimate of drug-likeness (QED) is 0.771. The molecule has 0 aromatic heterocycles. The van der Waals surface area contributed by atoms with Gasteiger partial charge in [-0.1, -0.05) is 12.1 Å². The van der Waals surface area contributed by atoms with Crippen LogP contribution in [0, 0.1) is 13.8 Å². The number of benzene rings is 1. The van der Waals surface area contributed by atoms with Gasteiger partial charge in [0.25, 0.3) is 10.0 Å². The van der Waals surface area contributed by atoms with Crippen molar-refractivity contribution in [2.24, 2.45) is 0 Å². The van der Waals surface area contributed by atoms with E-state index in [1.165, 1.54) is 6.07 Å². The van der Waals surface area contributed by atoms with Gasteiger partial charge < -0.3 is 0 Å². The van der Waals surface area contributed by atoms with Crippen molar-refractivity contribution in [3.05, 3.63) is 29.3 Å². The topological polar surface area (TPSA) is 46.2 Å². The molecule has 0 aliphatic rings. The van der Waals surface area contributed by atoms with Gasteiger partial charge in [-0.3, -0.25) is 0 Å². The molecular weight excluding hydrogens is 210 g/mol. The first-order valence-electron chi connectivity index (χ1n) is 3.67. The maximum atomic E-state index is 11.3. The van der Waals surface area contributed by atoms with Gasteiger partial charge in [0.1, 0.15) is 0 Å². The first kappa shape index (κ1) is 10.5. The molecule has 0 saturated heterocycles. The van der Waals surface area contributed by atoms with Gasteiger partial charge in [0, 0.05) is 0 Å². The van der Waals surface area contributed by atoms with E-state index in [4.69, 9.17) is 11.8 Å². The number of halogens is 1. The van der Waals surface area contributed by atoms with Crippen LogP contribution >= 0.6 is 11.8 Å². The summed E-state index contributed by atoms with van der Waals surface area (Å²) in [4.78, 5) is 0.225. The fourth-order valence-electron chi connectivity index (χ4n) is 1.06. The van der Waals surface area contributed by atoms with Gasteiger partial charge in [0.15, 0.2) is 0 Å². The third-order valence-corrected chi connectivity index (χ3v) is 3.78. The Morgan fingerprint density at radius 1 is 1.31 bits per heavy atom. The SMILES string of the molecule is Cc1cccc(S(=O)(=O)NCl)c1C. The van der Waals surface area contributed by atoms with E-state index in [1.807, 2.05) is 13.0 Å². The van der Waals surface area contributed by atoms with Gasteiger partial charge >= 0.3 is 0 Å². The Kier molecular flexibility index (Phi) is 2.95. The van der Waals surface area contributed by atoms with Crippen LogP contribution < -0.4 is 4.24 Å². The van der Waals surface area contributed by atoms with Crippen molar-refractivity contribution < 1.29 is 8.42 Å². The van der Waals surface area contributed by atoms with Crippen molar-refractivity contribution in [2.75, 3.05) is 0 Å². The third kappa shape index (κ3) is 2.02. The molecule has 0 fully saturated rings. The van der Waals surface area contributed by atoms with Gasteiger partial charge in [-0.05, 0) is 42.8 Å². The zero-order valence-electron chi connectivity index (χ0n) is 7.33. The van der Waals surface area contributed by atoms with E-state index >= 15 is 0 Å². The summed E-state index contributed by atoms with van der Waals surface area (Å²) in [6.07, 6.45) is 0. The van der Waals surface area contributed by atoms with Crippen LogP contribution in [0.25, 0.3) is 0 Å². The Bertz CT molecular complexity index is 414. The highest BCUT2D eigenvalue weighted by Crippen LogP contribution is 2.17. The van der Waals surface area contributed by atoms with E-state index in [2.05, 4.69) is 0 Å². The van der Waals surface area contributed by atoms with Crippen LogP contribution in [0.3, 0.4) is 0 Å². The highest BCUT2D eigenvalue weighted by molar-refractivity contribution is 7.90. The molecule has 0 unspecified atom stereocenters. The van der Waals surface area contributed by atoms with Gasteiger partial charge in [0.2, 0.25) is 0 Å². The summed E-state index contributed by atoms with van der Waals surface area (Å²) in [7, 11) is -3.54. The predicted octanol–water partition coefficient (Wildman–Crippen LogP) is 1.74. The Balaban J connectivity index is 3.40. The minimum Gasteiger partial charge on any atom is -0.206 e. The largest absolute Gasteiger partial charge is 0.254 e. The van der Waals surface area contributed by atoms with Gasteiger partial charge in [-0.15, -0.1) is 4.24 Å². The van der Waals surface area contributed by atoms with Crippen LogP contribution in [0.4, 0.5) is 0 Å². The number of hydrogen-bond donors (Lipinski definition) is 1. The Hall–Kier alpha value is -0.580. The van der Waals surface area contributed by atoms with Crippen molar-refractivity contribution in [1.29, 1.82) is 0 Å². The molecule has 3 nitrogen and oxygen atoms in total. The number of rotatable bonds is 2. The van der Waals surface area contributed by atoms with E-state index in [0.29, 0.717) is 0 Å². The van der Waals surface area contributed by atoms with Gasteiger partial charge in [0.05, 0.1) is 4.90 Å². The van der Waals surface area contributed by atoms with E-state index < -0.39 is 10.0 Å². The van der Waals surface area contributed by atoms with E-state index in [0.717, 1.165) is 11.1 Å². The zero-order chi connectivity index (χ0) is 10.1. The summed E-state index contributed by atoms with van der Waals surface area (Å²) < 4.78 is 24.4. The van der Waals surface area contributed by atoms with Crippen molar-refractivity contribution in [3.63, 3.8) is 0 Å². The first-order valence-corrected chi connectivity index (χ1v) is 5.54. The smallest absolute Gasteiger partial charge is 0.206 e. The molecule has 0 heterocycles. The fourth-order valence-corrected chi connectivity index (χ4v) is 2.21. The van der Waals surface area contributed by atoms with Crippen molar-refractivity contribution in [1.82, 2.24) is 4.24 Å². The van der Waals surface area contributed by atoms with E-state index in [9.17, 15) is 8.42 Å². The molecule has 1 rings (SSSR count). The first-order chi connectivity index (χ1) is 5.99. The normalized spacial score (nSPS) is 11.6. The van der Waals surface area contributed by atoms with Gasteiger partial charge in [-0.2, -0.15) is 0 Å². The lowest BCUT2D eigenvalue weighted by Gasteiger charge is -2.06. The second kappa shape index (κ2) is 3.65. The van der Waals surface area contributed by atoms with E-state index in [-0.39, 0.29) is 4.90 Å². The second-order valence-corrected chi connectivity index (χ2v) is 4.84. The predicted molar refractivity (Wildman–Crippen MR) is 52.1 cm³/mol. The lowest BCUT2D eigenvalue weighted by atomic mass is 10.1. The Morgan fingerprint density at radius 2 is 1.92 bits per heavy atom. The molecular formula is C8H10ClNO2S. The molecule has 72 valence electrons. The molecule has 0 atom stereocenters. The number of hydrogen-bond acceptors (Lipinski definition) is 2. The molecule has 0 radical (unpaired) electrons. The van der Waals surface area contributed by atoms with Crippen molar-refractivity contribution in [2.45, 2.75) is 18.7 Å². The molecule has 0 aliphatic carbocycles. The highest BCUT2D eigenvalue weighted by Gasteiger charge is 2.15. The molecule has 5 heteroatoms. The molecule has 1 N–H and O–H groups in total. The lowest BCUT2D eigenvalue weighted by Crippen LogP contribution is -2.15. The molecule has 1 aromatic carbocycles. The average Bonchev–Trinajstić information content (AvgIpc) is 2.09. The van der Waals surface area contributed by atoms with Crippen LogP contribution in [-0.4, -0.2) is 8.42 Å². The molecule has 0 saturated carbocycles. The fraction of sp³-hybridized carbons (Fsp3) is 0.250. The van der Waals surface area contributed by atoms with Crippen molar-refractivity contribution in [3.8, 4) is 0 Å².